The van der Waals surface area contributed by atoms with Gasteiger partial charge in [-0.3, -0.25) is 4.79 Å². The number of hydrogen-bond donors (Lipinski definition) is 0. The summed E-state index contributed by atoms with van der Waals surface area (Å²) in [5, 5.41) is 0.192. The van der Waals surface area contributed by atoms with Crippen LogP contribution in [0.1, 0.15) is 6.92 Å². The van der Waals surface area contributed by atoms with Crippen LogP contribution in [0.25, 0.3) is 0 Å². The summed E-state index contributed by atoms with van der Waals surface area (Å²) in [6, 6.07) is 0. The van der Waals surface area contributed by atoms with Crippen LogP contribution in [0.5, 0.6) is 0 Å². The Hall–Kier alpha value is -1.09. The zero-order valence-electron chi connectivity index (χ0n) is 7.88. The van der Waals surface area contributed by atoms with E-state index in [4.69, 9.17) is 11.6 Å². The van der Waals surface area contributed by atoms with Crippen molar-refractivity contribution in [3.8, 4) is 0 Å². The number of hydrogen-bond acceptors (Lipinski definition) is 2. The van der Waals surface area contributed by atoms with E-state index in [1.165, 1.54) is 4.90 Å². The van der Waals surface area contributed by atoms with E-state index >= 15 is 0 Å². The molecule has 0 saturated heterocycles. The van der Waals surface area contributed by atoms with Gasteiger partial charge in [-0.05, 0) is 12.5 Å². The highest BCUT2D eigenvalue weighted by molar-refractivity contribution is 6.30. The minimum atomic E-state index is 0.192. The SMILES string of the molecule is C=C(Cl)/N=C(/CN(C)C=O)C(=C)C. The van der Waals surface area contributed by atoms with Crippen LogP contribution in [0.3, 0.4) is 0 Å². The Balaban J connectivity index is 4.53. The third-order valence-electron chi connectivity index (χ3n) is 1.33. The van der Waals surface area contributed by atoms with Crippen LogP contribution < -0.4 is 0 Å². The fourth-order valence-electron chi connectivity index (χ4n) is 0.686. The molecule has 0 aromatic heterocycles. The largest absolute Gasteiger partial charge is 0.342 e. The Morgan fingerprint density at radius 1 is 1.62 bits per heavy atom. The summed E-state index contributed by atoms with van der Waals surface area (Å²) in [5.74, 6) is 0. The molecule has 0 aliphatic heterocycles. The van der Waals surface area contributed by atoms with Gasteiger partial charge in [0.1, 0.15) is 5.16 Å². The van der Waals surface area contributed by atoms with Crippen molar-refractivity contribution in [1.29, 1.82) is 0 Å². The molecular weight excluding hydrogens is 188 g/mol. The van der Waals surface area contributed by atoms with E-state index in [2.05, 4.69) is 18.2 Å². The van der Waals surface area contributed by atoms with Gasteiger partial charge in [0, 0.05) is 7.05 Å². The Morgan fingerprint density at radius 3 is 2.46 bits per heavy atom. The summed E-state index contributed by atoms with van der Waals surface area (Å²) in [4.78, 5) is 15.7. The summed E-state index contributed by atoms with van der Waals surface area (Å²) in [7, 11) is 1.66. The number of amides is 1. The normalized spacial score (nSPS) is 10.8. The molecule has 0 spiro atoms. The molecule has 0 saturated carbocycles. The molecule has 13 heavy (non-hydrogen) atoms. The van der Waals surface area contributed by atoms with Crippen molar-refractivity contribution in [3.63, 3.8) is 0 Å². The maximum Gasteiger partial charge on any atom is 0.209 e. The molecule has 0 bridgehead atoms. The van der Waals surface area contributed by atoms with Crippen LogP contribution in [0, 0.1) is 0 Å². The van der Waals surface area contributed by atoms with Crippen LogP contribution in [0.4, 0.5) is 0 Å². The Labute approximate surface area is 83.4 Å². The van der Waals surface area contributed by atoms with E-state index in [0.29, 0.717) is 12.3 Å². The van der Waals surface area contributed by atoms with Gasteiger partial charge in [-0.2, -0.15) is 0 Å². The predicted octanol–water partition coefficient (Wildman–Crippen LogP) is 1.80. The average Bonchev–Trinajstić information content (AvgIpc) is 2.02. The van der Waals surface area contributed by atoms with E-state index in [1.54, 1.807) is 14.0 Å². The van der Waals surface area contributed by atoms with Crippen molar-refractivity contribution >= 4 is 23.7 Å². The molecule has 4 heteroatoms. The van der Waals surface area contributed by atoms with Gasteiger partial charge >= 0.3 is 0 Å². The third-order valence-corrected chi connectivity index (χ3v) is 1.41. The lowest BCUT2D eigenvalue weighted by molar-refractivity contribution is -0.116. The van der Waals surface area contributed by atoms with E-state index in [-0.39, 0.29) is 5.16 Å². The van der Waals surface area contributed by atoms with Crippen LogP contribution in [-0.2, 0) is 4.79 Å². The molecule has 0 aromatic rings. The van der Waals surface area contributed by atoms with E-state index in [9.17, 15) is 4.79 Å². The molecule has 1 amide bonds. The molecule has 72 valence electrons. The second kappa shape index (κ2) is 5.54. The summed E-state index contributed by atoms with van der Waals surface area (Å²) in [6.45, 7) is 9.36. The van der Waals surface area contributed by atoms with Crippen molar-refractivity contribution in [3.05, 3.63) is 23.9 Å². The molecule has 3 nitrogen and oxygen atoms in total. The lowest BCUT2D eigenvalue weighted by Crippen LogP contribution is -2.24. The molecular formula is C9H13ClN2O. The van der Waals surface area contributed by atoms with Crippen LogP contribution in [-0.4, -0.2) is 30.6 Å². The minimum absolute atomic E-state index is 0.192. The van der Waals surface area contributed by atoms with Crippen molar-refractivity contribution < 1.29 is 4.79 Å². The van der Waals surface area contributed by atoms with Crippen molar-refractivity contribution in [2.24, 2.45) is 4.99 Å². The summed E-state index contributed by atoms with van der Waals surface area (Å²) in [5.41, 5.74) is 1.44. The molecule has 0 aliphatic carbocycles. The first-order valence-corrected chi connectivity index (χ1v) is 4.08. The second-order valence-electron chi connectivity index (χ2n) is 2.74. The number of rotatable bonds is 5. The van der Waals surface area contributed by atoms with Gasteiger partial charge in [0.05, 0.1) is 12.3 Å². The van der Waals surface area contributed by atoms with Gasteiger partial charge < -0.3 is 4.90 Å². The molecule has 0 unspecified atom stereocenters. The topological polar surface area (TPSA) is 32.7 Å². The molecule has 0 fully saturated rings. The number of halogens is 1. The molecule has 0 heterocycles. The first-order chi connectivity index (χ1) is 5.97. The van der Waals surface area contributed by atoms with E-state index in [0.717, 1.165) is 12.0 Å². The highest BCUT2D eigenvalue weighted by Crippen LogP contribution is 2.04. The molecule has 0 aromatic carbocycles. The number of aliphatic imine (C=N–C) groups is 1. The smallest absolute Gasteiger partial charge is 0.209 e. The molecule has 0 rings (SSSR count). The molecule has 0 N–H and O–H groups in total. The first-order valence-electron chi connectivity index (χ1n) is 3.70. The maximum absolute atomic E-state index is 10.3. The Morgan fingerprint density at radius 2 is 2.15 bits per heavy atom. The second-order valence-corrected chi connectivity index (χ2v) is 3.17. The monoisotopic (exact) mass is 200 g/mol. The van der Waals surface area contributed by atoms with Gasteiger partial charge in [-0.1, -0.05) is 24.8 Å². The minimum Gasteiger partial charge on any atom is -0.342 e. The highest BCUT2D eigenvalue weighted by atomic mass is 35.5. The molecule has 0 atom stereocenters. The number of carbonyl (C=O) groups is 1. The van der Waals surface area contributed by atoms with E-state index in [1.807, 2.05) is 0 Å². The standard InChI is InChI=1S/C9H13ClN2O/c1-7(2)9(11-8(3)10)5-12(4)6-13/h6H,1,3,5H2,2,4H3/b11-9-. The average molecular weight is 201 g/mol. The molecule has 0 radical (unpaired) electrons. The van der Waals surface area contributed by atoms with Gasteiger partial charge in [0.25, 0.3) is 0 Å². The quantitative estimate of drug-likeness (QED) is 0.379. The third kappa shape index (κ3) is 5.20. The first kappa shape index (κ1) is 11.9. The zero-order chi connectivity index (χ0) is 10.4. The lowest BCUT2D eigenvalue weighted by atomic mass is 10.2. The zero-order valence-corrected chi connectivity index (χ0v) is 8.64. The number of nitrogens with zero attached hydrogens (tertiary/aromatic N) is 2. The van der Waals surface area contributed by atoms with Gasteiger partial charge in [-0.15, -0.1) is 0 Å². The van der Waals surface area contributed by atoms with Gasteiger partial charge in [-0.25, -0.2) is 4.99 Å². The van der Waals surface area contributed by atoms with Crippen molar-refractivity contribution in [2.45, 2.75) is 6.92 Å². The van der Waals surface area contributed by atoms with Crippen LogP contribution in [0.15, 0.2) is 28.9 Å². The van der Waals surface area contributed by atoms with Crippen molar-refractivity contribution in [1.82, 2.24) is 4.90 Å². The summed E-state index contributed by atoms with van der Waals surface area (Å²) in [6.07, 6.45) is 0.718. The highest BCUT2D eigenvalue weighted by Gasteiger charge is 2.03. The number of carbonyl (C=O) groups excluding carboxylic acids is 1. The molecule has 0 aliphatic rings. The van der Waals surface area contributed by atoms with Crippen molar-refractivity contribution in [2.75, 3.05) is 13.6 Å². The summed E-state index contributed by atoms with van der Waals surface area (Å²) < 4.78 is 0. The predicted molar refractivity (Wildman–Crippen MR) is 55.9 cm³/mol. The van der Waals surface area contributed by atoms with Crippen LogP contribution in [0.2, 0.25) is 0 Å². The summed E-state index contributed by atoms with van der Waals surface area (Å²) >= 11 is 5.51. The Kier molecular flexibility index (Phi) is 5.07. The maximum atomic E-state index is 10.3. The van der Waals surface area contributed by atoms with Crippen LogP contribution >= 0.6 is 11.6 Å². The fraction of sp³-hybridized carbons (Fsp3) is 0.333. The fourth-order valence-corrected chi connectivity index (χ4v) is 0.788. The lowest BCUT2D eigenvalue weighted by Gasteiger charge is -2.12. The van der Waals surface area contributed by atoms with E-state index < -0.39 is 0 Å². The van der Waals surface area contributed by atoms with Gasteiger partial charge in [0.2, 0.25) is 6.41 Å². The Bertz CT molecular complexity index is 258. The van der Waals surface area contributed by atoms with Gasteiger partial charge in [0.15, 0.2) is 0 Å².